The highest BCUT2D eigenvalue weighted by Crippen LogP contribution is 2.36. The van der Waals surface area contributed by atoms with Gasteiger partial charge in [0.2, 0.25) is 5.95 Å². The van der Waals surface area contributed by atoms with Crippen LogP contribution in [0.15, 0.2) is 23.2 Å². The highest BCUT2D eigenvalue weighted by Gasteiger charge is 2.23. The Bertz CT molecular complexity index is 883. The predicted octanol–water partition coefficient (Wildman–Crippen LogP) is 2.39. The summed E-state index contributed by atoms with van der Waals surface area (Å²) in [5, 5.41) is 6.35. The third kappa shape index (κ3) is 2.38. The fourth-order valence-corrected chi connectivity index (χ4v) is 3.12. The van der Waals surface area contributed by atoms with E-state index in [1.165, 1.54) is 0 Å². The average Bonchev–Trinajstić information content (AvgIpc) is 2.59. The van der Waals surface area contributed by atoms with Crippen molar-refractivity contribution in [2.24, 2.45) is 4.99 Å². The molecule has 0 unspecified atom stereocenters. The maximum atomic E-state index is 5.79. The van der Waals surface area contributed by atoms with Crippen molar-refractivity contribution in [1.82, 2.24) is 15.0 Å². The lowest BCUT2D eigenvalue weighted by Gasteiger charge is -2.22. The molecular formula is C17H19N7. The quantitative estimate of drug-likeness (QED) is 0.785. The van der Waals surface area contributed by atoms with E-state index in [4.69, 9.17) is 10.7 Å². The van der Waals surface area contributed by atoms with Gasteiger partial charge >= 0.3 is 0 Å². The molecule has 0 spiro atoms. The summed E-state index contributed by atoms with van der Waals surface area (Å²) in [6, 6.07) is 4.05. The van der Waals surface area contributed by atoms with Crippen molar-refractivity contribution in [3.05, 3.63) is 35.2 Å². The number of aryl methyl sites for hydroxylation is 1. The Morgan fingerprint density at radius 2 is 2.04 bits per heavy atom. The van der Waals surface area contributed by atoms with Gasteiger partial charge in [-0.3, -0.25) is 9.98 Å². The van der Waals surface area contributed by atoms with Crippen molar-refractivity contribution in [3.63, 3.8) is 0 Å². The Hall–Kier alpha value is -2.96. The standard InChI is InChI=1S/C17H19N7/c1-9-3-4-13-12(21-9)6-5-11(22-13)10-7-8-20-16-14(10)15(19-2)23-17(18)24-16/h5-7H,3-4,8H2,1-2H3,(H4,18,19,20,23,24). The van der Waals surface area contributed by atoms with Crippen LogP contribution in [0.2, 0.25) is 0 Å². The van der Waals surface area contributed by atoms with Crippen LogP contribution in [-0.2, 0) is 6.42 Å². The number of fused-ring (bicyclic) bond motifs is 2. The van der Waals surface area contributed by atoms with Crippen LogP contribution >= 0.6 is 0 Å². The minimum atomic E-state index is 0.245. The first-order chi connectivity index (χ1) is 11.7. The number of anilines is 3. The number of rotatable bonds is 2. The van der Waals surface area contributed by atoms with Crippen molar-refractivity contribution in [2.45, 2.75) is 19.8 Å². The molecule has 0 atom stereocenters. The molecule has 4 rings (SSSR count). The lowest BCUT2D eigenvalue weighted by Crippen LogP contribution is -2.16. The van der Waals surface area contributed by atoms with E-state index in [0.29, 0.717) is 12.4 Å². The summed E-state index contributed by atoms with van der Waals surface area (Å²) in [5.74, 6) is 1.68. The molecular weight excluding hydrogens is 302 g/mol. The molecule has 122 valence electrons. The molecule has 2 aromatic heterocycles. The number of hydrogen-bond acceptors (Lipinski definition) is 7. The molecule has 0 saturated carbocycles. The predicted molar refractivity (Wildman–Crippen MR) is 96.9 cm³/mol. The second-order valence-electron chi connectivity index (χ2n) is 5.91. The molecule has 0 fully saturated rings. The molecule has 0 aliphatic carbocycles. The monoisotopic (exact) mass is 321 g/mol. The molecule has 2 aromatic rings. The zero-order chi connectivity index (χ0) is 16.7. The van der Waals surface area contributed by atoms with Crippen molar-refractivity contribution in [1.29, 1.82) is 0 Å². The van der Waals surface area contributed by atoms with Crippen molar-refractivity contribution >= 4 is 34.6 Å². The van der Waals surface area contributed by atoms with Crippen LogP contribution in [0.5, 0.6) is 0 Å². The van der Waals surface area contributed by atoms with E-state index >= 15 is 0 Å². The van der Waals surface area contributed by atoms with Crippen LogP contribution in [-0.4, -0.2) is 34.3 Å². The summed E-state index contributed by atoms with van der Waals surface area (Å²) in [4.78, 5) is 18.1. The number of nitrogens with two attached hydrogens (primary N) is 1. The van der Waals surface area contributed by atoms with Gasteiger partial charge in [-0.05, 0) is 31.9 Å². The molecule has 0 radical (unpaired) electrons. The number of pyridine rings is 1. The van der Waals surface area contributed by atoms with Gasteiger partial charge in [-0.2, -0.15) is 9.97 Å². The summed E-state index contributed by atoms with van der Waals surface area (Å²) >= 11 is 0. The van der Waals surface area contributed by atoms with Gasteiger partial charge in [0, 0.05) is 24.9 Å². The highest BCUT2D eigenvalue weighted by atomic mass is 15.1. The van der Waals surface area contributed by atoms with Gasteiger partial charge in [0.1, 0.15) is 11.6 Å². The van der Waals surface area contributed by atoms with Crippen LogP contribution in [0.25, 0.3) is 5.57 Å². The number of nitrogens with zero attached hydrogens (tertiary/aromatic N) is 4. The average molecular weight is 321 g/mol. The maximum Gasteiger partial charge on any atom is 0.223 e. The Labute approximate surface area is 140 Å². The second-order valence-corrected chi connectivity index (χ2v) is 5.91. The zero-order valence-corrected chi connectivity index (χ0v) is 13.7. The minimum Gasteiger partial charge on any atom is -0.372 e. The van der Waals surface area contributed by atoms with E-state index in [9.17, 15) is 0 Å². The van der Waals surface area contributed by atoms with Crippen LogP contribution in [0.1, 0.15) is 30.3 Å². The SMILES string of the molecule is CNc1nc(N)nc2c1C(c1ccc3c(n1)CCC(C)=N3)=CCN2. The first-order valence-corrected chi connectivity index (χ1v) is 8.00. The van der Waals surface area contributed by atoms with E-state index in [-0.39, 0.29) is 5.95 Å². The molecule has 0 saturated heterocycles. The Balaban J connectivity index is 1.84. The van der Waals surface area contributed by atoms with Gasteiger partial charge in [-0.25, -0.2) is 0 Å². The van der Waals surface area contributed by atoms with E-state index < -0.39 is 0 Å². The smallest absolute Gasteiger partial charge is 0.223 e. The highest BCUT2D eigenvalue weighted by molar-refractivity contribution is 5.92. The Morgan fingerprint density at radius 3 is 2.88 bits per heavy atom. The number of nitrogen functional groups attached to an aromatic ring is 1. The second kappa shape index (κ2) is 5.59. The third-order valence-electron chi connectivity index (χ3n) is 4.27. The number of aromatic nitrogens is 3. The molecule has 0 bridgehead atoms. The molecule has 7 nitrogen and oxygen atoms in total. The van der Waals surface area contributed by atoms with Gasteiger partial charge in [0.05, 0.1) is 22.6 Å². The number of aliphatic imine (C=N–C) groups is 1. The first-order valence-electron chi connectivity index (χ1n) is 8.00. The normalized spacial score (nSPS) is 15.6. The number of hydrogen-bond donors (Lipinski definition) is 3. The van der Waals surface area contributed by atoms with Gasteiger partial charge in [0.25, 0.3) is 0 Å². The van der Waals surface area contributed by atoms with Crippen molar-refractivity contribution < 1.29 is 0 Å². The summed E-state index contributed by atoms with van der Waals surface area (Å²) < 4.78 is 0. The molecule has 7 heteroatoms. The molecule has 0 amide bonds. The molecule has 4 heterocycles. The van der Waals surface area contributed by atoms with Crippen molar-refractivity contribution in [3.8, 4) is 0 Å². The van der Waals surface area contributed by atoms with Crippen LogP contribution in [0.3, 0.4) is 0 Å². The maximum absolute atomic E-state index is 5.79. The van der Waals surface area contributed by atoms with Gasteiger partial charge in [0.15, 0.2) is 0 Å². The summed E-state index contributed by atoms with van der Waals surface area (Å²) in [6.07, 6.45) is 3.99. The summed E-state index contributed by atoms with van der Waals surface area (Å²) in [7, 11) is 1.83. The van der Waals surface area contributed by atoms with E-state index in [2.05, 4.69) is 38.6 Å². The zero-order valence-electron chi connectivity index (χ0n) is 13.7. The largest absolute Gasteiger partial charge is 0.372 e. The first kappa shape index (κ1) is 14.6. The topological polar surface area (TPSA) is 101 Å². The Kier molecular flexibility index (Phi) is 3.41. The molecule has 24 heavy (non-hydrogen) atoms. The molecule has 2 aliphatic heterocycles. The van der Waals surface area contributed by atoms with Gasteiger partial charge in [-0.1, -0.05) is 6.08 Å². The van der Waals surface area contributed by atoms with Crippen molar-refractivity contribution in [2.75, 3.05) is 30.0 Å². The summed E-state index contributed by atoms with van der Waals surface area (Å²) in [6.45, 7) is 2.74. The fraction of sp³-hybridized carbons (Fsp3) is 0.294. The molecule has 0 aromatic carbocycles. The number of nitrogens with one attached hydrogen (secondary N) is 2. The van der Waals surface area contributed by atoms with E-state index in [1.54, 1.807) is 0 Å². The van der Waals surface area contributed by atoms with E-state index in [0.717, 1.165) is 52.6 Å². The lowest BCUT2D eigenvalue weighted by atomic mass is 9.98. The van der Waals surface area contributed by atoms with E-state index in [1.807, 2.05) is 19.2 Å². The van der Waals surface area contributed by atoms with Gasteiger partial charge in [-0.15, -0.1) is 0 Å². The van der Waals surface area contributed by atoms with Crippen LogP contribution < -0.4 is 16.4 Å². The molecule has 4 N–H and O–H groups in total. The summed E-state index contributed by atoms with van der Waals surface area (Å²) in [5.41, 5.74) is 11.8. The third-order valence-corrected chi connectivity index (χ3v) is 4.27. The lowest BCUT2D eigenvalue weighted by molar-refractivity contribution is 0.935. The van der Waals surface area contributed by atoms with Gasteiger partial charge < -0.3 is 16.4 Å². The fourth-order valence-electron chi connectivity index (χ4n) is 3.12. The van der Waals surface area contributed by atoms with Crippen LogP contribution in [0, 0.1) is 0 Å². The van der Waals surface area contributed by atoms with Crippen LogP contribution in [0.4, 0.5) is 23.3 Å². The minimum absolute atomic E-state index is 0.245. The Morgan fingerprint density at radius 1 is 1.17 bits per heavy atom. The molecule has 2 aliphatic rings.